The molecule has 5 heteroatoms. The highest BCUT2D eigenvalue weighted by atomic mass is 19.4. The largest absolute Gasteiger partial charge is 0.508 e. The molecule has 90 valence electrons. The normalized spacial score (nSPS) is 26.3. The number of allylic oxidation sites excluding steroid dienone is 2. The smallest absolute Gasteiger partial charge is 0.395 e. The van der Waals surface area contributed by atoms with Crippen molar-refractivity contribution in [1.29, 1.82) is 0 Å². The Bertz CT molecular complexity index is 329. The minimum absolute atomic E-state index is 0.0742. The molecule has 0 spiro atoms. The van der Waals surface area contributed by atoms with Crippen LogP contribution in [0.2, 0.25) is 0 Å². The lowest BCUT2D eigenvalue weighted by Gasteiger charge is -2.21. The lowest BCUT2D eigenvalue weighted by atomic mass is 9.95. The third-order valence-corrected chi connectivity index (χ3v) is 2.89. The molecule has 2 aliphatic rings. The Morgan fingerprint density at radius 3 is 2.56 bits per heavy atom. The molecule has 1 unspecified atom stereocenters. The van der Waals surface area contributed by atoms with Crippen LogP contribution in [-0.2, 0) is 0 Å². The summed E-state index contributed by atoms with van der Waals surface area (Å²) in [6.45, 7) is 0.456. The molecule has 2 nitrogen and oxygen atoms in total. The van der Waals surface area contributed by atoms with Crippen molar-refractivity contribution in [2.24, 2.45) is 5.92 Å². The predicted molar refractivity (Wildman–Crippen MR) is 54.0 cm³/mol. The lowest BCUT2D eigenvalue weighted by molar-refractivity contribution is -0.161. The molecule has 2 N–H and O–H groups in total. The summed E-state index contributed by atoms with van der Waals surface area (Å²) >= 11 is 0. The SMILES string of the molecule is OC1=CC(C(F)(F)F)CC=C1CNC1CC1. The van der Waals surface area contributed by atoms with Crippen molar-refractivity contribution in [2.45, 2.75) is 31.5 Å². The van der Waals surface area contributed by atoms with Gasteiger partial charge in [-0.05, 0) is 25.3 Å². The second kappa shape index (κ2) is 4.13. The van der Waals surface area contributed by atoms with E-state index in [4.69, 9.17) is 0 Å². The Morgan fingerprint density at radius 1 is 1.38 bits per heavy atom. The number of hydrogen-bond acceptors (Lipinski definition) is 2. The second-order valence-corrected chi connectivity index (χ2v) is 4.32. The fraction of sp³-hybridized carbons (Fsp3) is 0.636. The zero-order valence-corrected chi connectivity index (χ0v) is 8.72. The summed E-state index contributed by atoms with van der Waals surface area (Å²) in [7, 11) is 0. The van der Waals surface area contributed by atoms with E-state index in [1.807, 2.05) is 0 Å². The lowest BCUT2D eigenvalue weighted by Crippen LogP contribution is -2.26. The molecule has 16 heavy (non-hydrogen) atoms. The second-order valence-electron chi connectivity index (χ2n) is 4.32. The summed E-state index contributed by atoms with van der Waals surface area (Å²) in [5.74, 6) is -1.78. The molecule has 0 aliphatic heterocycles. The molecule has 1 atom stereocenters. The Labute approximate surface area is 91.8 Å². The van der Waals surface area contributed by atoms with Gasteiger partial charge in [0.05, 0.1) is 5.92 Å². The summed E-state index contributed by atoms with van der Waals surface area (Å²) in [6, 6.07) is 0.481. The van der Waals surface area contributed by atoms with Gasteiger partial charge in [-0.2, -0.15) is 13.2 Å². The van der Waals surface area contributed by atoms with Crippen molar-refractivity contribution in [2.75, 3.05) is 6.54 Å². The molecule has 0 saturated heterocycles. The molecule has 0 radical (unpaired) electrons. The van der Waals surface area contributed by atoms with Crippen LogP contribution in [0, 0.1) is 5.92 Å². The summed E-state index contributed by atoms with van der Waals surface area (Å²) in [5, 5.41) is 12.6. The van der Waals surface area contributed by atoms with Crippen molar-refractivity contribution in [3.8, 4) is 0 Å². The molecule has 0 amide bonds. The van der Waals surface area contributed by atoms with E-state index in [9.17, 15) is 18.3 Å². The van der Waals surface area contributed by atoms with Crippen LogP contribution < -0.4 is 5.32 Å². The Kier molecular flexibility index (Phi) is 2.97. The van der Waals surface area contributed by atoms with Crippen LogP contribution in [0.25, 0.3) is 0 Å². The van der Waals surface area contributed by atoms with E-state index in [0.29, 0.717) is 18.2 Å². The van der Waals surface area contributed by atoms with Crippen molar-refractivity contribution < 1.29 is 18.3 Å². The molecule has 2 rings (SSSR count). The molecule has 0 aromatic rings. The molecule has 0 aromatic carbocycles. The first-order chi connectivity index (χ1) is 7.47. The number of aliphatic hydroxyl groups excluding tert-OH is 1. The number of nitrogens with one attached hydrogen (secondary N) is 1. The monoisotopic (exact) mass is 233 g/mol. The van der Waals surface area contributed by atoms with Gasteiger partial charge in [-0.3, -0.25) is 0 Å². The molecular formula is C11H14F3NO. The number of halogens is 3. The highest BCUT2D eigenvalue weighted by Gasteiger charge is 2.39. The van der Waals surface area contributed by atoms with Gasteiger partial charge in [0.2, 0.25) is 0 Å². The first-order valence-corrected chi connectivity index (χ1v) is 5.37. The maximum atomic E-state index is 12.4. The summed E-state index contributed by atoms with van der Waals surface area (Å²) < 4.78 is 37.1. The van der Waals surface area contributed by atoms with Gasteiger partial charge in [0.1, 0.15) is 5.76 Å². The zero-order valence-electron chi connectivity index (χ0n) is 8.72. The quantitative estimate of drug-likeness (QED) is 0.785. The van der Waals surface area contributed by atoms with Gasteiger partial charge in [-0.25, -0.2) is 0 Å². The number of rotatable bonds is 3. The zero-order chi connectivity index (χ0) is 11.8. The molecule has 0 heterocycles. The van der Waals surface area contributed by atoms with Crippen LogP contribution in [0.15, 0.2) is 23.5 Å². The maximum absolute atomic E-state index is 12.4. The van der Waals surface area contributed by atoms with Gasteiger partial charge in [-0.1, -0.05) is 6.08 Å². The van der Waals surface area contributed by atoms with Crippen LogP contribution in [0.1, 0.15) is 19.3 Å². The molecular weight excluding hydrogens is 219 g/mol. The molecule has 1 fully saturated rings. The predicted octanol–water partition coefficient (Wildman–Crippen LogP) is 2.69. The van der Waals surface area contributed by atoms with Crippen molar-refractivity contribution in [3.63, 3.8) is 0 Å². The van der Waals surface area contributed by atoms with Crippen molar-refractivity contribution in [3.05, 3.63) is 23.5 Å². The first-order valence-electron chi connectivity index (χ1n) is 5.37. The minimum atomic E-state index is -4.26. The van der Waals surface area contributed by atoms with Gasteiger partial charge >= 0.3 is 6.18 Å². The number of alkyl halides is 3. The van der Waals surface area contributed by atoms with E-state index in [1.165, 1.54) is 6.08 Å². The van der Waals surface area contributed by atoms with E-state index in [1.54, 1.807) is 0 Å². The topological polar surface area (TPSA) is 32.3 Å². The molecule has 0 bridgehead atoms. The van der Waals surface area contributed by atoms with Gasteiger partial charge in [-0.15, -0.1) is 0 Å². The Hall–Kier alpha value is -0.970. The third-order valence-electron chi connectivity index (χ3n) is 2.89. The van der Waals surface area contributed by atoms with Crippen LogP contribution in [0.3, 0.4) is 0 Å². The minimum Gasteiger partial charge on any atom is -0.508 e. The molecule has 0 aromatic heterocycles. The Balaban J connectivity index is 1.92. The first kappa shape index (κ1) is 11.5. The van der Waals surface area contributed by atoms with Gasteiger partial charge in [0.15, 0.2) is 0 Å². The Morgan fingerprint density at radius 2 is 2.06 bits per heavy atom. The van der Waals surface area contributed by atoms with Crippen LogP contribution >= 0.6 is 0 Å². The average Bonchev–Trinajstić information content (AvgIpc) is 2.98. The molecule has 1 saturated carbocycles. The van der Waals surface area contributed by atoms with Crippen molar-refractivity contribution in [1.82, 2.24) is 5.32 Å². The van der Waals surface area contributed by atoms with E-state index in [2.05, 4.69) is 5.32 Å². The highest BCUT2D eigenvalue weighted by Crippen LogP contribution is 2.34. The van der Waals surface area contributed by atoms with Gasteiger partial charge in [0, 0.05) is 18.2 Å². The van der Waals surface area contributed by atoms with E-state index in [0.717, 1.165) is 18.9 Å². The fourth-order valence-electron chi connectivity index (χ4n) is 1.67. The summed E-state index contributed by atoms with van der Waals surface area (Å²) in [6.07, 6.45) is 0.272. The maximum Gasteiger partial charge on any atom is 0.395 e. The van der Waals surface area contributed by atoms with Gasteiger partial charge < -0.3 is 10.4 Å². The number of aliphatic hydroxyl groups is 1. The van der Waals surface area contributed by atoms with Crippen LogP contribution in [-0.4, -0.2) is 23.9 Å². The standard InChI is InChI=1S/C11H14F3NO/c12-11(13,14)8-2-1-7(10(16)5-8)6-15-9-3-4-9/h1,5,8-9,15-16H,2-4,6H2. The summed E-state index contributed by atoms with van der Waals surface area (Å²) in [4.78, 5) is 0. The van der Waals surface area contributed by atoms with E-state index in [-0.39, 0.29) is 12.2 Å². The fourth-order valence-corrected chi connectivity index (χ4v) is 1.67. The highest BCUT2D eigenvalue weighted by molar-refractivity contribution is 5.31. The van der Waals surface area contributed by atoms with E-state index < -0.39 is 12.1 Å². The molecule has 2 aliphatic carbocycles. The average molecular weight is 233 g/mol. The number of hydrogen-bond donors (Lipinski definition) is 2. The third kappa shape index (κ3) is 2.78. The van der Waals surface area contributed by atoms with E-state index >= 15 is 0 Å². The van der Waals surface area contributed by atoms with Crippen molar-refractivity contribution >= 4 is 0 Å². The van der Waals surface area contributed by atoms with Crippen LogP contribution in [0.4, 0.5) is 13.2 Å². The van der Waals surface area contributed by atoms with Crippen LogP contribution in [0.5, 0.6) is 0 Å². The van der Waals surface area contributed by atoms with Gasteiger partial charge in [0.25, 0.3) is 0 Å². The summed E-state index contributed by atoms with van der Waals surface area (Å²) in [5.41, 5.74) is 0.576.